The third-order valence-corrected chi connectivity index (χ3v) is 8.00. The van der Waals surface area contributed by atoms with E-state index in [9.17, 15) is 4.79 Å². The van der Waals surface area contributed by atoms with E-state index in [1.54, 1.807) is 0 Å². The highest BCUT2D eigenvalue weighted by atomic mass is 16.5. The highest BCUT2D eigenvalue weighted by Gasteiger charge is 2.35. The molecule has 2 fully saturated rings. The van der Waals surface area contributed by atoms with Crippen LogP contribution in [0.25, 0.3) is 11.2 Å². The topological polar surface area (TPSA) is 106 Å². The van der Waals surface area contributed by atoms with E-state index in [0.29, 0.717) is 35.4 Å². The average Bonchev–Trinajstić information content (AvgIpc) is 3.29. The number of hydrogen-bond acceptors (Lipinski definition) is 8. The van der Waals surface area contributed by atoms with Gasteiger partial charge in [-0.1, -0.05) is 13.8 Å². The van der Waals surface area contributed by atoms with Crippen molar-refractivity contribution in [1.29, 1.82) is 0 Å². The first-order valence-electron chi connectivity index (χ1n) is 13.1. The van der Waals surface area contributed by atoms with E-state index in [2.05, 4.69) is 57.9 Å². The highest BCUT2D eigenvalue weighted by Crippen LogP contribution is 2.34. The zero-order chi connectivity index (χ0) is 25.7. The zero-order valence-corrected chi connectivity index (χ0v) is 21.8. The Morgan fingerprint density at radius 2 is 1.95 bits per heavy atom. The number of ether oxygens (including phenoxy) is 2. The number of methoxy groups -OCH3 is 1. The van der Waals surface area contributed by atoms with Crippen molar-refractivity contribution in [2.24, 2.45) is 11.8 Å². The van der Waals surface area contributed by atoms with Crippen LogP contribution in [0.3, 0.4) is 0 Å². The summed E-state index contributed by atoms with van der Waals surface area (Å²) in [6, 6.07) is 8.16. The van der Waals surface area contributed by atoms with Crippen molar-refractivity contribution in [2.45, 2.75) is 51.5 Å². The van der Waals surface area contributed by atoms with Gasteiger partial charge in [-0.25, -0.2) is 19.3 Å². The van der Waals surface area contributed by atoms with Gasteiger partial charge in [-0.2, -0.15) is 0 Å². The van der Waals surface area contributed by atoms with Gasteiger partial charge in [-0.3, -0.25) is 0 Å². The molecule has 1 unspecified atom stereocenters. The number of nitrogens with one attached hydrogen (secondary N) is 3. The molecule has 10 nitrogen and oxygen atoms in total. The molecule has 4 bridgehead atoms. The van der Waals surface area contributed by atoms with Crippen LogP contribution in [0, 0.1) is 11.8 Å². The highest BCUT2D eigenvalue weighted by molar-refractivity contribution is 5.94. The van der Waals surface area contributed by atoms with E-state index in [0.717, 1.165) is 48.6 Å². The van der Waals surface area contributed by atoms with Crippen molar-refractivity contribution < 1.29 is 14.3 Å². The lowest BCUT2D eigenvalue weighted by molar-refractivity contribution is -0.0323. The van der Waals surface area contributed by atoms with Crippen LogP contribution in [0.4, 0.5) is 27.7 Å². The molecule has 3 aromatic rings. The second-order valence-electron chi connectivity index (χ2n) is 10.6. The Kier molecular flexibility index (Phi) is 6.16. The number of rotatable bonds is 3. The summed E-state index contributed by atoms with van der Waals surface area (Å²) in [4.78, 5) is 24.8. The monoisotopic (exact) mass is 505 g/mol. The molecular weight excluding hydrogens is 470 g/mol. The van der Waals surface area contributed by atoms with Gasteiger partial charge in [-0.15, -0.1) is 0 Å². The Labute approximate surface area is 216 Å². The molecule has 37 heavy (non-hydrogen) atoms. The van der Waals surface area contributed by atoms with E-state index in [1.165, 1.54) is 10.9 Å². The maximum atomic E-state index is 13.1. The lowest BCUT2D eigenvalue weighted by Gasteiger charge is -2.42. The fourth-order valence-corrected chi connectivity index (χ4v) is 6.03. The summed E-state index contributed by atoms with van der Waals surface area (Å²) in [5.74, 6) is 1.48. The quantitative estimate of drug-likeness (QED) is 0.492. The minimum absolute atomic E-state index is 0.0179. The molecule has 3 aliphatic rings. The Morgan fingerprint density at radius 3 is 2.65 bits per heavy atom. The number of benzene rings is 1. The summed E-state index contributed by atoms with van der Waals surface area (Å²) < 4.78 is 13.6. The zero-order valence-electron chi connectivity index (χ0n) is 21.8. The summed E-state index contributed by atoms with van der Waals surface area (Å²) in [7, 11) is 3.66. The molecule has 1 amide bonds. The summed E-state index contributed by atoms with van der Waals surface area (Å²) in [6.07, 6.45) is 3.59. The van der Waals surface area contributed by atoms with Crippen molar-refractivity contribution in [2.75, 3.05) is 42.8 Å². The Bertz CT molecular complexity index is 1310. The maximum Gasteiger partial charge on any atom is 0.328 e. The maximum absolute atomic E-state index is 13.1. The number of carbonyl (C=O) groups is 1. The van der Waals surface area contributed by atoms with Gasteiger partial charge >= 0.3 is 6.03 Å². The number of amides is 1. The third-order valence-electron chi connectivity index (χ3n) is 8.00. The smallest absolute Gasteiger partial charge is 0.328 e. The first-order chi connectivity index (χ1) is 17.9. The Hall–Kier alpha value is -3.37. The van der Waals surface area contributed by atoms with Gasteiger partial charge in [0.25, 0.3) is 0 Å². The Morgan fingerprint density at radius 1 is 1.14 bits per heavy atom. The van der Waals surface area contributed by atoms with Gasteiger partial charge in [0.15, 0.2) is 5.65 Å². The fraction of sp³-hybridized carbons (Fsp3) is 0.519. The van der Waals surface area contributed by atoms with Crippen LogP contribution in [0.15, 0.2) is 30.6 Å². The predicted octanol–water partition coefficient (Wildman–Crippen LogP) is 3.94. The molecule has 196 valence electrons. The van der Waals surface area contributed by atoms with E-state index >= 15 is 0 Å². The number of nitrogens with zero attached hydrogens (tertiary/aromatic N) is 4. The Balaban J connectivity index is 1.41. The summed E-state index contributed by atoms with van der Waals surface area (Å²) in [5.41, 5.74) is 5.12. The normalized spacial score (nSPS) is 27.6. The van der Waals surface area contributed by atoms with Gasteiger partial charge < -0.3 is 30.3 Å². The van der Waals surface area contributed by atoms with Crippen LogP contribution in [0.5, 0.6) is 0 Å². The van der Waals surface area contributed by atoms with Crippen LogP contribution in [-0.4, -0.2) is 66.1 Å². The number of aromatic nitrogens is 3. The first kappa shape index (κ1) is 24.0. The van der Waals surface area contributed by atoms with Crippen LogP contribution < -0.4 is 20.9 Å². The molecular formula is C27H35N7O3. The fourth-order valence-electron chi connectivity index (χ4n) is 6.03. The molecule has 4 heterocycles. The van der Waals surface area contributed by atoms with Crippen molar-refractivity contribution in [3.8, 4) is 0 Å². The van der Waals surface area contributed by atoms with E-state index in [4.69, 9.17) is 14.5 Å². The number of imidazole rings is 1. The minimum Gasteiger partial charge on any atom is -0.386 e. The van der Waals surface area contributed by atoms with E-state index < -0.39 is 0 Å². The number of anilines is 4. The van der Waals surface area contributed by atoms with Gasteiger partial charge in [0.05, 0.1) is 30.5 Å². The predicted molar refractivity (Wildman–Crippen MR) is 144 cm³/mol. The molecule has 5 atom stereocenters. The number of piperidine rings is 1. The van der Waals surface area contributed by atoms with Gasteiger partial charge in [0.1, 0.15) is 17.7 Å². The van der Waals surface area contributed by atoms with Crippen LogP contribution in [0.2, 0.25) is 0 Å². The lowest BCUT2D eigenvalue weighted by Crippen LogP contribution is -2.52. The molecule has 0 spiro atoms. The average molecular weight is 506 g/mol. The van der Waals surface area contributed by atoms with Crippen LogP contribution in [0.1, 0.15) is 32.3 Å². The molecule has 2 aromatic heterocycles. The van der Waals surface area contributed by atoms with Gasteiger partial charge in [0.2, 0.25) is 0 Å². The number of fused-ring (bicyclic) bond motifs is 4. The molecule has 10 heteroatoms. The summed E-state index contributed by atoms with van der Waals surface area (Å²) in [6.45, 7) is 6.85. The molecule has 1 saturated carbocycles. The SMILES string of the molecule is CNc1cc2nc3c1ncn3C(=O)N[C@@H]1CC[C@H]1OCc1cc(cc(N3C[C@@H](C)C(OC)[C@@H](C)C3)c1)N2. The lowest BCUT2D eigenvalue weighted by atomic mass is 9.87. The van der Waals surface area contributed by atoms with Crippen molar-refractivity contribution in [1.82, 2.24) is 19.9 Å². The van der Waals surface area contributed by atoms with Crippen molar-refractivity contribution in [3.05, 3.63) is 36.2 Å². The van der Waals surface area contributed by atoms with Crippen LogP contribution >= 0.6 is 0 Å². The second kappa shape index (κ2) is 9.50. The largest absolute Gasteiger partial charge is 0.386 e. The standard InChI is InChI=1S/C27H35N7O3/c1-15-11-33(12-16(2)25(15)36-4)19-8-17-7-18(9-19)30-23-10-21(28-3)24-26(32-23)34(14-29-24)27(35)31-20-5-6-22(20)37-13-17/h7-10,14-16,20,22,25H,5-6,11-13H2,1-4H3,(H,31,35)(H2,28,30,32)/t15-,16+,20-,22-,25?/m1/s1. The molecule has 3 N–H and O–H groups in total. The van der Waals surface area contributed by atoms with Crippen molar-refractivity contribution in [3.63, 3.8) is 0 Å². The third kappa shape index (κ3) is 4.38. The molecule has 1 aliphatic carbocycles. The molecule has 1 saturated heterocycles. The van der Waals surface area contributed by atoms with Crippen LogP contribution in [-0.2, 0) is 16.1 Å². The number of carbonyl (C=O) groups excluding carboxylic acids is 1. The first-order valence-corrected chi connectivity index (χ1v) is 13.1. The van der Waals surface area contributed by atoms with Gasteiger partial charge in [-0.05, 0) is 36.6 Å². The molecule has 6 rings (SSSR count). The summed E-state index contributed by atoms with van der Waals surface area (Å²) >= 11 is 0. The molecule has 2 aliphatic heterocycles. The summed E-state index contributed by atoms with van der Waals surface area (Å²) in [5, 5.41) is 9.79. The molecule has 1 aromatic carbocycles. The van der Waals surface area contributed by atoms with Gasteiger partial charge in [0, 0.05) is 56.5 Å². The number of hydrogen-bond donors (Lipinski definition) is 3. The molecule has 0 radical (unpaired) electrons. The minimum atomic E-state index is -0.243. The van der Waals surface area contributed by atoms with Crippen molar-refractivity contribution >= 4 is 40.1 Å². The second-order valence-corrected chi connectivity index (χ2v) is 10.6. The van der Waals surface area contributed by atoms with E-state index in [-0.39, 0.29) is 24.3 Å². The van der Waals surface area contributed by atoms with E-state index in [1.807, 2.05) is 20.2 Å². The number of pyridine rings is 1.